The fraction of sp³-hybridized carbons (Fsp3) is 0.133. The van der Waals surface area contributed by atoms with Crippen molar-refractivity contribution in [1.29, 1.82) is 0 Å². The second-order valence-electron chi connectivity index (χ2n) is 4.63. The SMILES string of the molecule is CN(C)c1cccc(NC(=O)c2ccnc(C(=O)O)c2)c1. The number of carboxylic acids is 1. The Morgan fingerprint density at radius 1 is 1.19 bits per heavy atom. The number of carbonyl (C=O) groups is 2. The lowest BCUT2D eigenvalue weighted by atomic mass is 10.2. The number of carbonyl (C=O) groups excluding carboxylic acids is 1. The number of nitrogens with one attached hydrogen (secondary N) is 1. The van der Waals surface area contributed by atoms with Gasteiger partial charge in [-0.15, -0.1) is 0 Å². The van der Waals surface area contributed by atoms with Gasteiger partial charge in [0.1, 0.15) is 5.69 Å². The van der Waals surface area contributed by atoms with Crippen LogP contribution in [0.5, 0.6) is 0 Å². The second-order valence-corrected chi connectivity index (χ2v) is 4.63. The molecule has 0 unspecified atom stereocenters. The minimum atomic E-state index is -1.17. The second kappa shape index (κ2) is 6.04. The first kappa shape index (κ1) is 14.5. The number of hydrogen-bond donors (Lipinski definition) is 2. The predicted molar refractivity (Wildman–Crippen MR) is 79.9 cm³/mol. The van der Waals surface area contributed by atoms with Gasteiger partial charge in [0.05, 0.1) is 0 Å². The normalized spacial score (nSPS) is 10.0. The van der Waals surface area contributed by atoms with Crippen molar-refractivity contribution in [3.63, 3.8) is 0 Å². The summed E-state index contributed by atoms with van der Waals surface area (Å²) < 4.78 is 0. The smallest absolute Gasteiger partial charge is 0.354 e. The molecule has 1 aromatic carbocycles. The number of rotatable bonds is 4. The van der Waals surface area contributed by atoms with E-state index in [1.165, 1.54) is 18.3 Å². The Balaban J connectivity index is 2.20. The lowest BCUT2D eigenvalue weighted by Gasteiger charge is -2.14. The number of aromatic carboxylic acids is 1. The fourth-order valence-electron chi connectivity index (χ4n) is 1.75. The molecule has 0 spiro atoms. The van der Waals surface area contributed by atoms with Gasteiger partial charge in [0, 0.05) is 37.2 Å². The summed E-state index contributed by atoms with van der Waals surface area (Å²) in [7, 11) is 3.81. The molecular weight excluding hydrogens is 270 g/mol. The zero-order valence-electron chi connectivity index (χ0n) is 11.7. The maximum atomic E-state index is 12.1. The summed E-state index contributed by atoms with van der Waals surface area (Å²) in [5.74, 6) is -1.55. The van der Waals surface area contributed by atoms with Crippen molar-refractivity contribution < 1.29 is 14.7 Å². The molecule has 2 aromatic rings. The van der Waals surface area contributed by atoms with Gasteiger partial charge in [-0.05, 0) is 30.3 Å². The molecule has 21 heavy (non-hydrogen) atoms. The van der Waals surface area contributed by atoms with Crippen LogP contribution in [0.25, 0.3) is 0 Å². The lowest BCUT2D eigenvalue weighted by molar-refractivity contribution is 0.0690. The van der Waals surface area contributed by atoms with Gasteiger partial charge in [-0.3, -0.25) is 4.79 Å². The van der Waals surface area contributed by atoms with Crippen molar-refractivity contribution in [2.45, 2.75) is 0 Å². The van der Waals surface area contributed by atoms with Gasteiger partial charge in [-0.1, -0.05) is 6.07 Å². The van der Waals surface area contributed by atoms with Crippen LogP contribution in [0.3, 0.4) is 0 Å². The molecule has 1 heterocycles. The van der Waals surface area contributed by atoms with Gasteiger partial charge in [-0.25, -0.2) is 9.78 Å². The van der Waals surface area contributed by atoms with E-state index in [0.717, 1.165) is 5.69 Å². The van der Waals surface area contributed by atoms with Crippen LogP contribution in [0.4, 0.5) is 11.4 Å². The quantitative estimate of drug-likeness (QED) is 0.899. The van der Waals surface area contributed by atoms with Crippen molar-refractivity contribution in [2.75, 3.05) is 24.3 Å². The molecule has 108 valence electrons. The monoisotopic (exact) mass is 285 g/mol. The Bertz CT molecular complexity index is 683. The Hall–Kier alpha value is -2.89. The van der Waals surface area contributed by atoms with Crippen LogP contribution >= 0.6 is 0 Å². The van der Waals surface area contributed by atoms with E-state index in [0.29, 0.717) is 5.69 Å². The molecule has 1 aromatic heterocycles. The summed E-state index contributed by atoms with van der Waals surface area (Å²) in [5, 5.41) is 11.6. The van der Waals surface area contributed by atoms with E-state index >= 15 is 0 Å². The van der Waals surface area contributed by atoms with E-state index in [4.69, 9.17) is 5.11 Å². The first-order valence-electron chi connectivity index (χ1n) is 6.25. The third-order valence-corrected chi connectivity index (χ3v) is 2.86. The zero-order chi connectivity index (χ0) is 15.4. The van der Waals surface area contributed by atoms with E-state index in [9.17, 15) is 9.59 Å². The molecule has 2 N–H and O–H groups in total. The van der Waals surface area contributed by atoms with Crippen LogP contribution in [-0.4, -0.2) is 36.1 Å². The third-order valence-electron chi connectivity index (χ3n) is 2.86. The minimum absolute atomic E-state index is 0.162. The topological polar surface area (TPSA) is 82.5 Å². The number of anilines is 2. The van der Waals surface area contributed by atoms with E-state index in [2.05, 4.69) is 10.3 Å². The average molecular weight is 285 g/mol. The molecule has 0 bridgehead atoms. The lowest BCUT2D eigenvalue weighted by Crippen LogP contribution is -2.14. The largest absolute Gasteiger partial charge is 0.477 e. The fourth-order valence-corrected chi connectivity index (χ4v) is 1.75. The van der Waals surface area contributed by atoms with E-state index in [1.807, 2.05) is 37.2 Å². The first-order chi connectivity index (χ1) is 9.97. The number of amides is 1. The number of carboxylic acid groups (broad SMARTS) is 1. The van der Waals surface area contributed by atoms with Crippen molar-refractivity contribution in [3.05, 3.63) is 53.9 Å². The summed E-state index contributed by atoms with van der Waals surface area (Å²) >= 11 is 0. The summed E-state index contributed by atoms with van der Waals surface area (Å²) in [5.41, 5.74) is 1.68. The molecule has 0 aliphatic heterocycles. The van der Waals surface area contributed by atoms with Crippen LogP contribution < -0.4 is 10.2 Å². The molecule has 0 aliphatic rings. The summed E-state index contributed by atoms with van der Waals surface area (Å²) in [4.78, 5) is 28.6. The Kier molecular flexibility index (Phi) is 4.18. The van der Waals surface area contributed by atoms with E-state index < -0.39 is 5.97 Å². The van der Waals surface area contributed by atoms with Crippen molar-refractivity contribution >= 4 is 23.3 Å². The van der Waals surface area contributed by atoms with Crippen LogP contribution in [0.2, 0.25) is 0 Å². The number of benzene rings is 1. The molecule has 0 saturated heterocycles. The third kappa shape index (κ3) is 3.56. The number of pyridine rings is 1. The minimum Gasteiger partial charge on any atom is -0.477 e. The van der Waals surface area contributed by atoms with Crippen molar-refractivity contribution in [2.24, 2.45) is 0 Å². The van der Waals surface area contributed by atoms with Gasteiger partial charge < -0.3 is 15.3 Å². The standard InChI is InChI=1S/C15H15N3O3/c1-18(2)12-5-3-4-11(9-12)17-14(19)10-6-7-16-13(8-10)15(20)21/h3-9H,1-2H3,(H,17,19)(H,20,21). The van der Waals surface area contributed by atoms with Crippen LogP contribution in [-0.2, 0) is 0 Å². The van der Waals surface area contributed by atoms with Crippen molar-refractivity contribution in [1.82, 2.24) is 4.98 Å². The number of nitrogens with zero attached hydrogens (tertiary/aromatic N) is 2. The summed E-state index contributed by atoms with van der Waals surface area (Å²) in [6.07, 6.45) is 1.30. The Morgan fingerprint density at radius 2 is 1.95 bits per heavy atom. The molecule has 0 aliphatic carbocycles. The van der Waals surface area contributed by atoms with Crippen LogP contribution in [0.15, 0.2) is 42.6 Å². The molecule has 6 nitrogen and oxygen atoms in total. The van der Waals surface area contributed by atoms with Gasteiger partial charge in [0.2, 0.25) is 0 Å². The van der Waals surface area contributed by atoms with Gasteiger partial charge in [0.15, 0.2) is 0 Å². The molecule has 0 fully saturated rings. The number of aromatic nitrogens is 1. The van der Waals surface area contributed by atoms with E-state index in [-0.39, 0.29) is 17.2 Å². The van der Waals surface area contributed by atoms with Crippen molar-refractivity contribution in [3.8, 4) is 0 Å². The Morgan fingerprint density at radius 3 is 2.62 bits per heavy atom. The highest BCUT2D eigenvalue weighted by Gasteiger charge is 2.11. The van der Waals surface area contributed by atoms with Crippen LogP contribution in [0, 0.1) is 0 Å². The van der Waals surface area contributed by atoms with E-state index in [1.54, 1.807) is 6.07 Å². The molecule has 1 amide bonds. The average Bonchev–Trinajstić information content (AvgIpc) is 2.47. The van der Waals surface area contributed by atoms with Gasteiger partial charge >= 0.3 is 5.97 Å². The summed E-state index contributed by atoms with van der Waals surface area (Å²) in [6, 6.07) is 10.1. The molecular formula is C15H15N3O3. The Labute approximate surface area is 122 Å². The highest BCUT2D eigenvalue weighted by molar-refractivity contribution is 6.05. The highest BCUT2D eigenvalue weighted by atomic mass is 16.4. The van der Waals surface area contributed by atoms with Gasteiger partial charge in [-0.2, -0.15) is 0 Å². The molecule has 0 radical (unpaired) electrons. The molecule has 2 rings (SSSR count). The molecule has 0 saturated carbocycles. The predicted octanol–water partition coefficient (Wildman–Crippen LogP) is 2.10. The highest BCUT2D eigenvalue weighted by Crippen LogP contribution is 2.18. The van der Waals surface area contributed by atoms with Gasteiger partial charge in [0.25, 0.3) is 5.91 Å². The first-order valence-corrected chi connectivity index (χ1v) is 6.25. The summed E-state index contributed by atoms with van der Waals surface area (Å²) in [6.45, 7) is 0. The number of hydrogen-bond acceptors (Lipinski definition) is 4. The van der Waals surface area contributed by atoms with Crippen LogP contribution in [0.1, 0.15) is 20.8 Å². The zero-order valence-corrected chi connectivity index (χ0v) is 11.7. The molecule has 0 atom stereocenters. The maximum absolute atomic E-state index is 12.1. The maximum Gasteiger partial charge on any atom is 0.354 e. The molecule has 6 heteroatoms.